The Labute approximate surface area is 131 Å². The number of methoxy groups -OCH3 is 1. The first-order valence-corrected chi connectivity index (χ1v) is 7.92. The standard InChI is InChI=1S/C16H24ClNO3/c1-3-6-20-7-8-21-16-14(17)9-12(10-15(16)19-2)11-18-13-4-5-13/h9-10,13,18H,3-8,11H2,1-2H3. The van der Waals surface area contributed by atoms with Gasteiger partial charge in [0, 0.05) is 19.2 Å². The Hall–Kier alpha value is -0.970. The van der Waals surface area contributed by atoms with Crippen molar-refractivity contribution in [2.24, 2.45) is 0 Å². The highest BCUT2D eigenvalue weighted by Gasteiger charge is 2.20. The number of hydrogen-bond donors (Lipinski definition) is 1. The van der Waals surface area contributed by atoms with Crippen LogP contribution in [-0.2, 0) is 11.3 Å². The molecule has 0 bridgehead atoms. The Morgan fingerprint density at radius 1 is 1.24 bits per heavy atom. The van der Waals surface area contributed by atoms with Crippen molar-refractivity contribution >= 4 is 11.6 Å². The van der Waals surface area contributed by atoms with Gasteiger partial charge in [0.05, 0.1) is 18.7 Å². The fourth-order valence-electron chi connectivity index (χ4n) is 2.01. The second-order valence-electron chi connectivity index (χ2n) is 5.23. The normalized spacial score (nSPS) is 14.2. The van der Waals surface area contributed by atoms with Crippen molar-refractivity contribution in [3.05, 3.63) is 22.7 Å². The van der Waals surface area contributed by atoms with E-state index in [1.807, 2.05) is 12.1 Å². The number of ether oxygens (including phenoxy) is 3. The van der Waals surface area contributed by atoms with Crippen molar-refractivity contribution < 1.29 is 14.2 Å². The zero-order valence-corrected chi connectivity index (χ0v) is 13.5. The van der Waals surface area contributed by atoms with Gasteiger partial charge in [-0.25, -0.2) is 0 Å². The summed E-state index contributed by atoms with van der Waals surface area (Å²) < 4.78 is 16.5. The van der Waals surface area contributed by atoms with Gasteiger partial charge in [0.15, 0.2) is 11.5 Å². The van der Waals surface area contributed by atoms with Gasteiger partial charge < -0.3 is 19.5 Å². The number of rotatable bonds is 10. The van der Waals surface area contributed by atoms with Crippen LogP contribution in [0.2, 0.25) is 5.02 Å². The molecule has 5 heteroatoms. The van der Waals surface area contributed by atoms with E-state index in [1.54, 1.807) is 7.11 Å². The molecule has 4 nitrogen and oxygen atoms in total. The SMILES string of the molecule is CCCOCCOc1c(Cl)cc(CNC2CC2)cc1OC. The van der Waals surface area contributed by atoms with Crippen LogP contribution in [0.4, 0.5) is 0 Å². The Kier molecular flexibility index (Phi) is 6.61. The summed E-state index contributed by atoms with van der Waals surface area (Å²) in [6, 6.07) is 4.58. The van der Waals surface area contributed by atoms with Crippen LogP contribution in [0, 0.1) is 0 Å². The van der Waals surface area contributed by atoms with E-state index in [2.05, 4.69) is 12.2 Å². The molecule has 1 saturated carbocycles. The molecule has 0 aromatic heterocycles. The minimum Gasteiger partial charge on any atom is -0.493 e. The van der Waals surface area contributed by atoms with Gasteiger partial charge in [0.25, 0.3) is 0 Å². The molecule has 0 atom stereocenters. The van der Waals surface area contributed by atoms with Gasteiger partial charge in [0.2, 0.25) is 0 Å². The van der Waals surface area contributed by atoms with Gasteiger partial charge >= 0.3 is 0 Å². The summed E-state index contributed by atoms with van der Waals surface area (Å²) in [7, 11) is 1.63. The van der Waals surface area contributed by atoms with Gasteiger partial charge in [-0.3, -0.25) is 0 Å². The molecule has 1 aromatic carbocycles. The van der Waals surface area contributed by atoms with E-state index in [0.717, 1.165) is 25.1 Å². The smallest absolute Gasteiger partial charge is 0.179 e. The molecule has 2 rings (SSSR count). The zero-order chi connectivity index (χ0) is 15.1. The highest BCUT2D eigenvalue weighted by molar-refractivity contribution is 6.32. The van der Waals surface area contributed by atoms with E-state index in [1.165, 1.54) is 12.8 Å². The molecule has 1 fully saturated rings. The van der Waals surface area contributed by atoms with E-state index < -0.39 is 0 Å². The van der Waals surface area contributed by atoms with E-state index in [4.69, 9.17) is 25.8 Å². The molecule has 0 unspecified atom stereocenters. The van der Waals surface area contributed by atoms with Gasteiger partial charge in [0.1, 0.15) is 6.61 Å². The highest BCUT2D eigenvalue weighted by atomic mass is 35.5. The topological polar surface area (TPSA) is 39.7 Å². The fourth-order valence-corrected chi connectivity index (χ4v) is 2.30. The molecular weight excluding hydrogens is 290 g/mol. The number of halogens is 1. The van der Waals surface area contributed by atoms with Crippen molar-refractivity contribution in [2.75, 3.05) is 26.9 Å². The highest BCUT2D eigenvalue weighted by Crippen LogP contribution is 2.36. The molecule has 1 aromatic rings. The summed E-state index contributed by atoms with van der Waals surface area (Å²) in [5.41, 5.74) is 1.11. The van der Waals surface area contributed by atoms with Crippen LogP contribution in [-0.4, -0.2) is 33.0 Å². The van der Waals surface area contributed by atoms with Crippen LogP contribution in [0.3, 0.4) is 0 Å². The molecule has 0 saturated heterocycles. The fraction of sp³-hybridized carbons (Fsp3) is 0.625. The Balaban J connectivity index is 1.91. The van der Waals surface area contributed by atoms with E-state index in [-0.39, 0.29) is 0 Å². The lowest BCUT2D eigenvalue weighted by Crippen LogP contribution is -2.15. The molecule has 0 aliphatic heterocycles. The summed E-state index contributed by atoms with van der Waals surface area (Å²) in [5, 5.41) is 4.04. The first kappa shape index (κ1) is 16.4. The average molecular weight is 314 g/mol. The Morgan fingerprint density at radius 3 is 2.71 bits per heavy atom. The molecule has 0 amide bonds. The third kappa shape index (κ3) is 5.38. The molecule has 1 aliphatic carbocycles. The molecular formula is C16H24ClNO3. The molecule has 1 aliphatic rings. The first-order valence-electron chi connectivity index (χ1n) is 7.55. The second kappa shape index (κ2) is 8.47. The number of hydrogen-bond acceptors (Lipinski definition) is 4. The van der Waals surface area contributed by atoms with E-state index in [9.17, 15) is 0 Å². The Morgan fingerprint density at radius 2 is 2.05 bits per heavy atom. The predicted molar refractivity (Wildman–Crippen MR) is 84.5 cm³/mol. The quantitative estimate of drug-likeness (QED) is 0.672. The van der Waals surface area contributed by atoms with Gasteiger partial charge in [-0.2, -0.15) is 0 Å². The van der Waals surface area contributed by atoms with Crippen LogP contribution in [0.15, 0.2) is 12.1 Å². The van der Waals surface area contributed by atoms with Crippen molar-refractivity contribution in [3.63, 3.8) is 0 Å². The Bertz CT molecular complexity index is 449. The van der Waals surface area contributed by atoms with Crippen molar-refractivity contribution in [1.82, 2.24) is 5.32 Å². The van der Waals surface area contributed by atoms with E-state index in [0.29, 0.717) is 35.8 Å². The summed E-state index contributed by atoms with van der Waals surface area (Å²) in [4.78, 5) is 0. The van der Waals surface area contributed by atoms with Crippen LogP contribution >= 0.6 is 11.6 Å². The molecule has 21 heavy (non-hydrogen) atoms. The van der Waals surface area contributed by atoms with Gasteiger partial charge in [-0.15, -0.1) is 0 Å². The van der Waals surface area contributed by atoms with E-state index >= 15 is 0 Å². The monoisotopic (exact) mass is 313 g/mol. The average Bonchev–Trinajstić information content (AvgIpc) is 3.30. The summed E-state index contributed by atoms with van der Waals surface area (Å²) >= 11 is 6.31. The largest absolute Gasteiger partial charge is 0.493 e. The maximum Gasteiger partial charge on any atom is 0.179 e. The molecule has 0 heterocycles. The predicted octanol–water partition coefficient (Wildman–Crippen LogP) is 3.41. The minimum absolute atomic E-state index is 0.468. The summed E-state index contributed by atoms with van der Waals surface area (Å²) in [5.74, 6) is 1.26. The summed E-state index contributed by atoms with van der Waals surface area (Å²) in [6.07, 6.45) is 3.54. The van der Waals surface area contributed by atoms with Gasteiger partial charge in [-0.05, 0) is 37.0 Å². The second-order valence-corrected chi connectivity index (χ2v) is 5.63. The van der Waals surface area contributed by atoms with Gasteiger partial charge in [-0.1, -0.05) is 18.5 Å². The maximum atomic E-state index is 6.31. The molecule has 1 N–H and O–H groups in total. The van der Waals surface area contributed by atoms with Crippen molar-refractivity contribution in [1.29, 1.82) is 0 Å². The van der Waals surface area contributed by atoms with Crippen LogP contribution in [0.25, 0.3) is 0 Å². The lowest BCUT2D eigenvalue weighted by Gasteiger charge is -2.14. The maximum absolute atomic E-state index is 6.31. The lowest BCUT2D eigenvalue weighted by molar-refractivity contribution is 0.0995. The third-order valence-corrected chi connectivity index (χ3v) is 3.56. The van der Waals surface area contributed by atoms with Crippen LogP contribution < -0.4 is 14.8 Å². The van der Waals surface area contributed by atoms with Crippen LogP contribution in [0.5, 0.6) is 11.5 Å². The first-order chi connectivity index (χ1) is 10.2. The number of nitrogens with one attached hydrogen (secondary N) is 1. The lowest BCUT2D eigenvalue weighted by atomic mass is 10.2. The zero-order valence-electron chi connectivity index (χ0n) is 12.8. The van der Waals surface area contributed by atoms with Crippen LogP contribution in [0.1, 0.15) is 31.7 Å². The molecule has 0 radical (unpaired) electrons. The molecule has 118 valence electrons. The number of benzene rings is 1. The van der Waals surface area contributed by atoms with Crippen molar-refractivity contribution in [2.45, 2.75) is 38.8 Å². The molecule has 0 spiro atoms. The van der Waals surface area contributed by atoms with Crippen molar-refractivity contribution in [3.8, 4) is 11.5 Å². The minimum atomic E-state index is 0.468. The third-order valence-electron chi connectivity index (χ3n) is 3.28. The summed E-state index contributed by atoms with van der Waals surface area (Å²) in [6.45, 7) is 4.66.